The van der Waals surface area contributed by atoms with Crippen molar-refractivity contribution in [3.8, 4) is 17.2 Å². The molecular formula is C25H26N2O4. The van der Waals surface area contributed by atoms with E-state index in [4.69, 9.17) is 14.2 Å². The lowest BCUT2D eigenvalue weighted by Gasteiger charge is -2.13. The molecule has 0 aliphatic heterocycles. The van der Waals surface area contributed by atoms with Crippen molar-refractivity contribution < 1.29 is 19.0 Å². The van der Waals surface area contributed by atoms with E-state index in [1.807, 2.05) is 24.3 Å². The van der Waals surface area contributed by atoms with E-state index in [1.165, 1.54) is 5.56 Å². The Morgan fingerprint density at radius 3 is 2.42 bits per heavy atom. The molecule has 0 fully saturated rings. The first-order valence-electron chi connectivity index (χ1n) is 9.95. The smallest absolute Gasteiger partial charge is 0.280 e. The number of amides is 1. The van der Waals surface area contributed by atoms with Crippen LogP contribution in [0.5, 0.6) is 17.2 Å². The quantitative estimate of drug-likeness (QED) is 0.410. The number of nitrogens with zero attached hydrogens (tertiary/aromatic N) is 1. The molecular weight excluding hydrogens is 392 g/mol. The fourth-order valence-corrected chi connectivity index (χ4v) is 2.69. The zero-order chi connectivity index (χ0) is 22.1. The van der Waals surface area contributed by atoms with E-state index < -0.39 is 6.10 Å². The number of carbonyl (C=O) groups excluding carboxylic acids is 1. The average molecular weight is 418 g/mol. The zero-order valence-electron chi connectivity index (χ0n) is 17.9. The van der Waals surface area contributed by atoms with Crippen LogP contribution in [-0.2, 0) is 11.4 Å². The number of ether oxygens (including phenoxy) is 3. The van der Waals surface area contributed by atoms with Gasteiger partial charge in [-0.05, 0) is 61.4 Å². The van der Waals surface area contributed by atoms with E-state index >= 15 is 0 Å². The number of aryl methyl sites for hydroxylation is 1. The van der Waals surface area contributed by atoms with Crippen molar-refractivity contribution in [2.24, 2.45) is 5.10 Å². The van der Waals surface area contributed by atoms with Gasteiger partial charge in [-0.3, -0.25) is 4.79 Å². The molecule has 0 aromatic heterocycles. The van der Waals surface area contributed by atoms with Gasteiger partial charge >= 0.3 is 0 Å². The molecule has 0 bridgehead atoms. The molecule has 3 aromatic carbocycles. The molecule has 0 radical (unpaired) electrons. The fraction of sp³-hybridized carbons (Fsp3) is 0.200. The summed E-state index contributed by atoms with van der Waals surface area (Å²) in [6.45, 7) is 4.22. The maximum absolute atomic E-state index is 12.2. The molecule has 160 valence electrons. The first kappa shape index (κ1) is 21.9. The first-order chi connectivity index (χ1) is 15.0. The minimum absolute atomic E-state index is 0.350. The largest absolute Gasteiger partial charge is 0.497 e. The van der Waals surface area contributed by atoms with Gasteiger partial charge in [-0.2, -0.15) is 5.10 Å². The van der Waals surface area contributed by atoms with E-state index in [-0.39, 0.29) is 5.91 Å². The van der Waals surface area contributed by atoms with Gasteiger partial charge in [0.15, 0.2) is 6.10 Å². The Kier molecular flexibility index (Phi) is 7.65. The maximum Gasteiger partial charge on any atom is 0.280 e. The van der Waals surface area contributed by atoms with Crippen LogP contribution in [0.4, 0.5) is 0 Å². The van der Waals surface area contributed by atoms with Crippen LogP contribution in [-0.4, -0.2) is 25.3 Å². The number of methoxy groups -OCH3 is 1. The van der Waals surface area contributed by atoms with Crippen LogP contribution >= 0.6 is 0 Å². The number of hydrazone groups is 1. The Morgan fingerprint density at radius 2 is 1.71 bits per heavy atom. The summed E-state index contributed by atoms with van der Waals surface area (Å²) in [5, 5.41) is 4.00. The number of hydrogen-bond donors (Lipinski definition) is 1. The molecule has 3 rings (SSSR count). The van der Waals surface area contributed by atoms with Crippen molar-refractivity contribution >= 4 is 12.1 Å². The Morgan fingerprint density at radius 1 is 1.00 bits per heavy atom. The predicted molar refractivity (Wildman–Crippen MR) is 121 cm³/mol. The van der Waals surface area contributed by atoms with E-state index in [2.05, 4.69) is 41.7 Å². The van der Waals surface area contributed by atoms with Gasteiger partial charge < -0.3 is 14.2 Å². The van der Waals surface area contributed by atoms with Crippen molar-refractivity contribution in [2.45, 2.75) is 26.6 Å². The SMILES string of the molecule is COc1cccc(OC(C)C(=O)N/N=C/c2ccc(OCc3ccc(C)cc3)cc2)c1. The summed E-state index contributed by atoms with van der Waals surface area (Å²) in [7, 11) is 1.58. The van der Waals surface area contributed by atoms with Crippen molar-refractivity contribution in [3.63, 3.8) is 0 Å². The van der Waals surface area contributed by atoms with Crippen LogP contribution in [0, 0.1) is 6.92 Å². The summed E-state index contributed by atoms with van der Waals surface area (Å²) in [6, 6.07) is 22.8. The average Bonchev–Trinajstić information content (AvgIpc) is 2.79. The summed E-state index contributed by atoms with van der Waals surface area (Å²) in [5.41, 5.74) is 5.66. The second-order valence-electron chi connectivity index (χ2n) is 7.02. The highest BCUT2D eigenvalue weighted by atomic mass is 16.5. The van der Waals surface area contributed by atoms with Gasteiger partial charge in [0.25, 0.3) is 5.91 Å². The number of carbonyl (C=O) groups is 1. The number of hydrogen-bond acceptors (Lipinski definition) is 5. The van der Waals surface area contributed by atoms with Gasteiger partial charge in [0.1, 0.15) is 23.9 Å². The molecule has 6 heteroatoms. The van der Waals surface area contributed by atoms with Crippen LogP contribution in [0.15, 0.2) is 77.9 Å². The fourth-order valence-electron chi connectivity index (χ4n) is 2.69. The van der Waals surface area contributed by atoms with Gasteiger partial charge in [-0.15, -0.1) is 0 Å². The summed E-state index contributed by atoms with van der Waals surface area (Å²) in [6.07, 6.45) is 0.863. The molecule has 1 unspecified atom stereocenters. The molecule has 1 atom stereocenters. The molecule has 31 heavy (non-hydrogen) atoms. The van der Waals surface area contributed by atoms with Gasteiger partial charge in [0.05, 0.1) is 13.3 Å². The van der Waals surface area contributed by atoms with Gasteiger partial charge in [-0.25, -0.2) is 5.43 Å². The van der Waals surface area contributed by atoms with Crippen LogP contribution in [0.1, 0.15) is 23.6 Å². The van der Waals surface area contributed by atoms with Crippen LogP contribution < -0.4 is 19.6 Å². The molecule has 3 aromatic rings. The third-order valence-electron chi connectivity index (χ3n) is 4.52. The first-order valence-corrected chi connectivity index (χ1v) is 9.95. The van der Waals surface area contributed by atoms with E-state index in [0.29, 0.717) is 18.1 Å². The van der Waals surface area contributed by atoms with Gasteiger partial charge in [0, 0.05) is 6.07 Å². The maximum atomic E-state index is 12.2. The van der Waals surface area contributed by atoms with Crippen molar-refractivity contribution in [2.75, 3.05) is 7.11 Å². The molecule has 6 nitrogen and oxygen atoms in total. The third kappa shape index (κ3) is 6.89. The van der Waals surface area contributed by atoms with Crippen LogP contribution in [0.25, 0.3) is 0 Å². The Hall–Kier alpha value is -3.80. The predicted octanol–water partition coefficient (Wildman–Crippen LogP) is 4.50. The van der Waals surface area contributed by atoms with Crippen LogP contribution in [0.3, 0.4) is 0 Å². The lowest BCUT2D eigenvalue weighted by atomic mass is 10.2. The molecule has 1 amide bonds. The third-order valence-corrected chi connectivity index (χ3v) is 4.52. The molecule has 0 aliphatic rings. The Bertz CT molecular complexity index is 1010. The van der Waals surface area contributed by atoms with Crippen molar-refractivity contribution in [3.05, 3.63) is 89.5 Å². The number of rotatable bonds is 9. The minimum Gasteiger partial charge on any atom is -0.497 e. The molecule has 0 saturated heterocycles. The highest BCUT2D eigenvalue weighted by Gasteiger charge is 2.14. The number of nitrogens with one attached hydrogen (secondary N) is 1. The topological polar surface area (TPSA) is 69.2 Å². The summed E-state index contributed by atoms with van der Waals surface area (Å²) in [4.78, 5) is 12.2. The van der Waals surface area contributed by atoms with Gasteiger partial charge in [0.2, 0.25) is 0 Å². The minimum atomic E-state index is -0.707. The van der Waals surface area contributed by atoms with E-state index in [0.717, 1.165) is 16.9 Å². The monoisotopic (exact) mass is 418 g/mol. The molecule has 0 aliphatic carbocycles. The lowest BCUT2D eigenvalue weighted by molar-refractivity contribution is -0.127. The summed E-state index contributed by atoms with van der Waals surface area (Å²) in [5.74, 6) is 1.63. The van der Waals surface area contributed by atoms with Crippen molar-refractivity contribution in [1.82, 2.24) is 5.43 Å². The summed E-state index contributed by atoms with van der Waals surface area (Å²) < 4.78 is 16.6. The molecule has 0 heterocycles. The Balaban J connectivity index is 1.46. The van der Waals surface area contributed by atoms with Crippen LogP contribution in [0.2, 0.25) is 0 Å². The molecule has 0 saturated carbocycles. The normalized spacial score (nSPS) is 11.7. The van der Waals surface area contributed by atoms with E-state index in [1.54, 1.807) is 44.5 Å². The zero-order valence-corrected chi connectivity index (χ0v) is 17.9. The van der Waals surface area contributed by atoms with Crippen molar-refractivity contribution in [1.29, 1.82) is 0 Å². The highest BCUT2D eigenvalue weighted by Crippen LogP contribution is 2.20. The standard InChI is InChI=1S/C25H26N2O4/c1-18-7-9-21(10-8-18)17-30-22-13-11-20(12-14-22)16-26-27-25(28)19(2)31-24-6-4-5-23(15-24)29-3/h4-16,19H,17H2,1-3H3,(H,27,28)/b26-16+. The molecule has 1 N–H and O–H groups in total. The second kappa shape index (κ2) is 10.8. The Labute approximate surface area is 182 Å². The lowest BCUT2D eigenvalue weighted by Crippen LogP contribution is -2.33. The number of benzene rings is 3. The summed E-state index contributed by atoms with van der Waals surface area (Å²) >= 11 is 0. The second-order valence-corrected chi connectivity index (χ2v) is 7.02. The molecule has 0 spiro atoms. The van der Waals surface area contributed by atoms with E-state index in [9.17, 15) is 4.79 Å². The van der Waals surface area contributed by atoms with Gasteiger partial charge in [-0.1, -0.05) is 35.9 Å². The highest BCUT2D eigenvalue weighted by molar-refractivity contribution is 5.84.